The number of anilines is 2. The van der Waals surface area contributed by atoms with Gasteiger partial charge in [-0.05, 0) is 37.2 Å². The number of fused-ring (bicyclic) bond motifs is 1. The van der Waals surface area contributed by atoms with Crippen LogP contribution in [0, 0.1) is 17.2 Å². The summed E-state index contributed by atoms with van der Waals surface area (Å²) in [5, 5.41) is 17.6. The van der Waals surface area contributed by atoms with Crippen LogP contribution < -0.4 is 10.9 Å². The van der Waals surface area contributed by atoms with E-state index in [9.17, 15) is 23.2 Å². The predicted octanol–water partition coefficient (Wildman–Crippen LogP) is 3.42. The molecule has 2 aromatic heterocycles. The van der Waals surface area contributed by atoms with Gasteiger partial charge in [-0.15, -0.1) is 0 Å². The highest BCUT2D eigenvalue weighted by Crippen LogP contribution is 2.39. The number of piperazine rings is 1. The first kappa shape index (κ1) is 25.3. The van der Waals surface area contributed by atoms with Gasteiger partial charge in [-0.3, -0.25) is 14.4 Å². The van der Waals surface area contributed by atoms with E-state index >= 15 is 0 Å². The molecule has 0 amide bonds. The average Bonchev–Trinajstić information content (AvgIpc) is 3.25. The lowest BCUT2D eigenvalue weighted by Crippen LogP contribution is -2.49. The summed E-state index contributed by atoms with van der Waals surface area (Å²) in [5.74, 6) is -0.0598. The molecule has 0 radical (unpaired) electrons. The molecule has 0 saturated carbocycles. The van der Waals surface area contributed by atoms with Crippen LogP contribution >= 0.6 is 0 Å². The second kappa shape index (κ2) is 10.2. The minimum absolute atomic E-state index is 0.159. The van der Waals surface area contributed by atoms with Crippen molar-refractivity contribution in [1.29, 1.82) is 5.26 Å². The summed E-state index contributed by atoms with van der Waals surface area (Å²) in [6, 6.07) is 8.01. The van der Waals surface area contributed by atoms with Crippen LogP contribution in [0.1, 0.15) is 24.1 Å². The molecule has 1 aromatic carbocycles. The molecule has 2 saturated heterocycles. The van der Waals surface area contributed by atoms with Gasteiger partial charge in [-0.25, -0.2) is 0 Å². The monoisotopic (exact) mass is 515 g/mol. The van der Waals surface area contributed by atoms with Gasteiger partial charge in [0, 0.05) is 44.7 Å². The summed E-state index contributed by atoms with van der Waals surface area (Å²) >= 11 is 0. The number of nitrogens with zero attached hydrogens (tertiary/aromatic N) is 5. The van der Waals surface area contributed by atoms with E-state index in [1.54, 1.807) is 22.9 Å². The van der Waals surface area contributed by atoms with Gasteiger partial charge in [-0.1, -0.05) is 12.1 Å². The number of rotatable bonds is 5. The lowest BCUT2D eigenvalue weighted by molar-refractivity contribution is -0.190. The Hall–Kier alpha value is -3.40. The third-order valence-electron chi connectivity index (χ3n) is 7.14. The molecule has 2 aliphatic rings. The van der Waals surface area contributed by atoms with Crippen LogP contribution in [-0.4, -0.2) is 77.2 Å². The van der Waals surface area contributed by atoms with E-state index in [-0.39, 0.29) is 28.9 Å². The van der Waals surface area contributed by atoms with E-state index in [0.29, 0.717) is 62.4 Å². The fraction of sp³-hybridized carbons (Fsp3) is 0.480. The summed E-state index contributed by atoms with van der Waals surface area (Å²) in [5.41, 5.74) is 0.841. The zero-order valence-corrected chi connectivity index (χ0v) is 20.3. The Labute approximate surface area is 211 Å². The highest BCUT2D eigenvalue weighted by Gasteiger charge is 2.45. The second-order valence-electron chi connectivity index (χ2n) is 9.56. The number of ether oxygens (including phenoxy) is 1. The lowest BCUT2D eigenvalue weighted by Gasteiger charge is -2.38. The molecule has 3 aromatic rings. The molecule has 0 aliphatic carbocycles. The SMILES string of the molecule is CN1CCN(C(c2ccc(Nc3nn(C4COCCC4C#N)c4cc[nH]c(=O)c34)cc2)C(F)(F)F)CC1. The van der Waals surface area contributed by atoms with Crippen molar-refractivity contribution in [2.24, 2.45) is 5.92 Å². The molecule has 12 heteroatoms. The molecule has 0 bridgehead atoms. The van der Waals surface area contributed by atoms with Gasteiger partial charge in [-0.2, -0.15) is 23.5 Å². The van der Waals surface area contributed by atoms with Gasteiger partial charge in [0.25, 0.3) is 5.56 Å². The summed E-state index contributed by atoms with van der Waals surface area (Å²) < 4.78 is 49.3. The van der Waals surface area contributed by atoms with E-state index in [1.807, 2.05) is 11.9 Å². The van der Waals surface area contributed by atoms with Crippen molar-refractivity contribution in [3.05, 3.63) is 52.4 Å². The molecule has 9 nitrogen and oxygen atoms in total. The molecule has 3 unspecified atom stereocenters. The number of aromatic nitrogens is 3. The molecule has 37 heavy (non-hydrogen) atoms. The molecule has 3 atom stereocenters. The molecule has 4 heterocycles. The zero-order chi connectivity index (χ0) is 26.2. The number of likely N-dealkylation sites (N-methyl/N-ethyl adjacent to an activating group) is 1. The highest BCUT2D eigenvalue weighted by atomic mass is 19.4. The predicted molar refractivity (Wildman–Crippen MR) is 132 cm³/mol. The standard InChI is InChI=1S/C25H28F3N7O2/c1-33-9-11-34(12-10-33)22(25(26,27)28)16-2-4-18(5-3-16)31-23-21-19(6-8-30-24(21)36)35(32-23)20-15-37-13-7-17(20)14-29/h2-6,8,17,20,22H,7,9-13,15H2,1H3,(H,30,36)(H,31,32). The van der Waals surface area contributed by atoms with Crippen LogP contribution in [0.4, 0.5) is 24.7 Å². The maximum Gasteiger partial charge on any atom is 0.408 e. The number of benzene rings is 1. The number of H-pyrrole nitrogens is 1. The quantitative estimate of drug-likeness (QED) is 0.537. The van der Waals surface area contributed by atoms with E-state index < -0.39 is 12.2 Å². The number of alkyl halides is 3. The van der Waals surface area contributed by atoms with Crippen molar-refractivity contribution in [2.45, 2.75) is 24.7 Å². The van der Waals surface area contributed by atoms with Crippen molar-refractivity contribution in [3.8, 4) is 6.07 Å². The van der Waals surface area contributed by atoms with Crippen LogP contribution in [0.3, 0.4) is 0 Å². The first-order valence-electron chi connectivity index (χ1n) is 12.2. The molecule has 2 fully saturated rings. The maximum absolute atomic E-state index is 14.0. The number of hydrogen-bond acceptors (Lipinski definition) is 7. The van der Waals surface area contributed by atoms with Crippen LogP contribution in [0.5, 0.6) is 0 Å². The van der Waals surface area contributed by atoms with Crippen molar-refractivity contribution in [3.63, 3.8) is 0 Å². The van der Waals surface area contributed by atoms with Gasteiger partial charge >= 0.3 is 6.18 Å². The van der Waals surface area contributed by atoms with Gasteiger partial charge in [0.05, 0.1) is 30.2 Å². The minimum atomic E-state index is -4.41. The number of halogens is 3. The molecule has 196 valence electrons. The third kappa shape index (κ3) is 5.07. The van der Waals surface area contributed by atoms with Gasteiger partial charge in [0.2, 0.25) is 0 Å². The third-order valence-corrected chi connectivity index (χ3v) is 7.14. The first-order valence-corrected chi connectivity index (χ1v) is 12.2. The average molecular weight is 516 g/mol. The smallest absolute Gasteiger partial charge is 0.379 e. The Morgan fingerprint density at radius 2 is 1.92 bits per heavy atom. The van der Waals surface area contributed by atoms with Crippen LogP contribution in [0.15, 0.2) is 41.3 Å². The van der Waals surface area contributed by atoms with Gasteiger partial charge in [0.1, 0.15) is 11.4 Å². The topological polar surface area (TPSA) is 102 Å². The van der Waals surface area contributed by atoms with E-state index in [1.165, 1.54) is 23.2 Å². The summed E-state index contributed by atoms with van der Waals surface area (Å²) in [4.78, 5) is 18.8. The highest BCUT2D eigenvalue weighted by molar-refractivity contribution is 5.91. The molecular weight excluding hydrogens is 487 g/mol. The Balaban J connectivity index is 1.44. The minimum Gasteiger partial charge on any atom is -0.379 e. The molecule has 2 aliphatic heterocycles. The van der Waals surface area contributed by atoms with Gasteiger partial charge in [0.15, 0.2) is 5.82 Å². The number of pyridine rings is 1. The van der Waals surface area contributed by atoms with Gasteiger partial charge < -0.3 is 19.9 Å². The molecule has 0 spiro atoms. The van der Waals surface area contributed by atoms with Crippen LogP contribution in [-0.2, 0) is 4.74 Å². The maximum atomic E-state index is 14.0. The Bertz CT molecular complexity index is 1340. The van der Waals surface area contributed by atoms with E-state index in [4.69, 9.17) is 4.74 Å². The fourth-order valence-corrected chi connectivity index (χ4v) is 5.13. The van der Waals surface area contributed by atoms with Crippen LogP contribution in [0.25, 0.3) is 10.9 Å². The van der Waals surface area contributed by atoms with Crippen molar-refractivity contribution < 1.29 is 17.9 Å². The Morgan fingerprint density at radius 1 is 1.19 bits per heavy atom. The van der Waals surface area contributed by atoms with Crippen molar-refractivity contribution >= 4 is 22.4 Å². The number of aromatic amines is 1. The summed E-state index contributed by atoms with van der Waals surface area (Å²) in [7, 11) is 1.90. The number of nitriles is 1. The first-order chi connectivity index (χ1) is 17.8. The van der Waals surface area contributed by atoms with Crippen LogP contribution in [0.2, 0.25) is 0 Å². The Kier molecular flexibility index (Phi) is 6.94. The largest absolute Gasteiger partial charge is 0.408 e. The Morgan fingerprint density at radius 3 is 2.59 bits per heavy atom. The molecule has 2 N–H and O–H groups in total. The van der Waals surface area contributed by atoms with E-state index in [2.05, 4.69) is 21.5 Å². The number of nitrogens with one attached hydrogen (secondary N) is 2. The summed E-state index contributed by atoms with van der Waals surface area (Å²) in [6.45, 7) is 2.60. The number of hydrogen-bond donors (Lipinski definition) is 2. The van der Waals surface area contributed by atoms with E-state index in [0.717, 1.165) is 0 Å². The van der Waals surface area contributed by atoms with Crippen molar-refractivity contribution in [1.82, 2.24) is 24.6 Å². The zero-order valence-electron chi connectivity index (χ0n) is 20.3. The second-order valence-corrected chi connectivity index (χ2v) is 9.56. The summed E-state index contributed by atoms with van der Waals surface area (Å²) in [6.07, 6.45) is -2.34. The molecule has 5 rings (SSSR count). The van der Waals surface area contributed by atoms with Crippen molar-refractivity contribution in [2.75, 3.05) is 51.8 Å². The molecular formula is C25H28F3N7O2. The normalized spacial score (nSPS) is 22.6. The fourth-order valence-electron chi connectivity index (χ4n) is 5.13. The lowest BCUT2D eigenvalue weighted by atomic mass is 9.96.